The zero-order valence-electron chi connectivity index (χ0n) is 12.8. The summed E-state index contributed by atoms with van der Waals surface area (Å²) in [5, 5.41) is 11.0. The van der Waals surface area contributed by atoms with E-state index in [4.69, 9.17) is 0 Å². The summed E-state index contributed by atoms with van der Waals surface area (Å²) in [7, 11) is 0. The van der Waals surface area contributed by atoms with E-state index in [2.05, 4.69) is 74.5 Å². The lowest BCUT2D eigenvalue weighted by Gasteiger charge is -2.15. The lowest BCUT2D eigenvalue weighted by Crippen LogP contribution is -1.88. The summed E-state index contributed by atoms with van der Waals surface area (Å²) in [6, 6.07) is 22.6. The Morgan fingerprint density at radius 3 is 1.41 bits per heavy atom. The minimum absolute atomic E-state index is 1.33. The van der Waals surface area contributed by atoms with E-state index >= 15 is 0 Å². The van der Waals surface area contributed by atoms with Crippen LogP contribution >= 0.6 is 0 Å². The molecule has 0 bridgehead atoms. The van der Waals surface area contributed by atoms with E-state index in [1.807, 2.05) is 0 Å². The molecule has 0 amide bonds. The van der Waals surface area contributed by atoms with Crippen LogP contribution in [0.4, 0.5) is 0 Å². The first-order valence-electron chi connectivity index (χ1n) is 7.80. The molecular formula is C22H16. The van der Waals surface area contributed by atoms with Gasteiger partial charge in [-0.25, -0.2) is 0 Å². The van der Waals surface area contributed by atoms with Crippen molar-refractivity contribution in [1.82, 2.24) is 0 Å². The summed E-state index contributed by atoms with van der Waals surface area (Å²) in [5.74, 6) is 0. The molecular weight excluding hydrogens is 264 g/mol. The molecule has 5 rings (SSSR count). The van der Waals surface area contributed by atoms with Crippen LogP contribution in [-0.2, 0) is 0 Å². The van der Waals surface area contributed by atoms with E-state index in [-0.39, 0.29) is 0 Å². The summed E-state index contributed by atoms with van der Waals surface area (Å²) >= 11 is 0. The van der Waals surface area contributed by atoms with Gasteiger partial charge in [-0.15, -0.1) is 0 Å². The molecule has 22 heavy (non-hydrogen) atoms. The summed E-state index contributed by atoms with van der Waals surface area (Å²) in [4.78, 5) is 0. The van der Waals surface area contributed by atoms with E-state index in [1.165, 1.54) is 54.2 Å². The molecule has 0 saturated heterocycles. The van der Waals surface area contributed by atoms with Gasteiger partial charge in [-0.3, -0.25) is 0 Å². The van der Waals surface area contributed by atoms with E-state index in [0.29, 0.717) is 0 Å². The lowest BCUT2D eigenvalue weighted by molar-refractivity contribution is 1.52. The van der Waals surface area contributed by atoms with Crippen LogP contribution in [0.25, 0.3) is 43.1 Å². The number of benzene rings is 5. The molecule has 5 aromatic carbocycles. The monoisotopic (exact) mass is 280 g/mol. The minimum atomic E-state index is 1.33. The molecule has 0 nitrogen and oxygen atoms in total. The Hall–Kier alpha value is -2.60. The Morgan fingerprint density at radius 2 is 0.955 bits per heavy atom. The highest BCUT2D eigenvalue weighted by Gasteiger charge is 2.13. The van der Waals surface area contributed by atoms with Gasteiger partial charge in [-0.2, -0.15) is 0 Å². The Bertz CT molecular complexity index is 1080. The third kappa shape index (κ3) is 1.42. The molecule has 0 fully saturated rings. The van der Waals surface area contributed by atoms with Gasteiger partial charge in [0.2, 0.25) is 0 Å². The quantitative estimate of drug-likeness (QED) is 0.229. The Balaban J connectivity index is 2.28. The predicted molar refractivity (Wildman–Crippen MR) is 97.1 cm³/mol. The van der Waals surface area contributed by atoms with Gasteiger partial charge in [0.05, 0.1) is 0 Å². The van der Waals surface area contributed by atoms with Gasteiger partial charge in [0.15, 0.2) is 0 Å². The van der Waals surface area contributed by atoms with Gasteiger partial charge in [0.1, 0.15) is 0 Å². The Morgan fingerprint density at radius 1 is 0.500 bits per heavy atom. The van der Waals surface area contributed by atoms with Crippen LogP contribution in [0.1, 0.15) is 11.1 Å². The number of hydrogen-bond acceptors (Lipinski definition) is 0. The van der Waals surface area contributed by atoms with Gasteiger partial charge < -0.3 is 0 Å². The molecule has 104 valence electrons. The van der Waals surface area contributed by atoms with Gasteiger partial charge >= 0.3 is 0 Å². The molecule has 0 atom stereocenters. The highest BCUT2D eigenvalue weighted by molar-refractivity contribution is 6.33. The molecule has 0 unspecified atom stereocenters. The van der Waals surface area contributed by atoms with E-state index in [9.17, 15) is 0 Å². The van der Waals surface area contributed by atoms with Crippen molar-refractivity contribution in [1.29, 1.82) is 0 Å². The molecule has 0 radical (unpaired) electrons. The smallest absolute Gasteiger partial charge is 0.00262 e. The second kappa shape index (κ2) is 3.98. The highest BCUT2D eigenvalue weighted by atomic mass is 14.2. The maximum atomic E-state index is 2.34. The molecule has 0 spiro atoms. The third-order valence-electron chi connectivity index (χ3n) is 4.82. The highest BCUT2D eigenvalue weighted by Crippen LogP contribution is 2.40. The van der Waals surface area contributed by atoms with Crippen molar-refractivity contribution in [2.45, 2.75) is 13.8 Å². The molecule has 5 aromatic rings. The average Bonchev–Trinajstić information content (AvgIpc) is 2.51. The fourth-order valence-corrected chi connectivity index (χ4v) is 4.03. The molecule has 0 aromatic heterocycles. The third-order valence-corrected chi connectivity index (χ3v) is 4.82. The summed E-state index contributed by atoms with van der Waals surface area (Å²) in [6.45, 7) is 4.38. The zero-order chi connectivity index (χ0) is 14.8. The second-order valence-corrected chi connectivity index (χ2v) is 6.43. The van der Waals surface area contributed by atoms with Crippen LogP contribution < -0.4 is 0 Å². The van der Waals surface area contributed by atoms with Crippen LogP contribution in [0.5, 0.6) is 0 Å². The minimum Gasteiger partial charge on any atom is -0.0610 e. The molecule has 0 aliphatic carbocycles. The van der Waals surface area contributed by atoms with Crippen LogP contribution in [-0.4, -0.2) is 0 Å². The molecule has 0 aliphatic heterocycles. The van der Waals surface area contributed by atoms with Crippen molar-refractivity contribution in [3.05, 3.63) is 71.8 Å². The number of fused-ring (bicyclic) bond motifs is 2. The Kier molecular flexibility index (Phi) is 2.17. The summed E-state index contributed by atoms with van der Waals surface area (Å²) in [6.07, 6.45) is 0. The number of rotatable bonds is 0. The molecule has 0 heteroatoms. The average molecular weight is 280 g/mol. The van der Waals surface area contributed by atoms with Crippen LogP contribution in [0.3, 0.4) is 0 Å². The maximum absolute atomic E-state index is 2.34. The van der Waals surface area contributed by atoms with Crippen molar-refractivity contribution < 1.29 is 0 Å². The van der Waals surface area contributed by atoms with Crippen molar-refractivity contribution in [2.24, 2.45) is 0 Å². The number of aryl methyl sites for hydroxylation is 2. The maximum Gasteiger partial charge on any atom is -0.00262 e. The first-order valence-corrected chi connectivity index (χ1v) is 7.80. The van der Waals surface area contributed by atoms with Crippen LogP contribution in [0, 0.1) is 13.8 Å². The predicted octanol–water partition coefficient (Wildman–Crippen LogP) is 6.35. The largest absolute Gasteiger partial charge is 0.0610 e. The lowest BCUT2D eigenvalue weighted by atomic mass is 9.88. The molecule has 0 saturated carbocycles. The van der Waals surface area contributed by atoms with Crippen molar-refractivity contribution in [3.63, 3.8) is 0 Å². The van der Waals surface area contributed by atoms with E-state index < -0.39 is 0 Å². The first kappa shape index (κ1) is 12.0. The van der Waals surface area contributed by atoms with E-state index in [0.717, 1.165) is 0 Å². The van der Waals surface area contributed by atoms with Gasteiger partial charge in [-0.1, -0.05) is 60.7 Å². The molecule has 0 N–H and O–H groups in total. The van der Waals surface area contributed by atoms with Gasteiger partial charge in [0, 0.05) is 0 Å². The molecule has 0 heterocycles. The fraction of sp³-hybridized carbons (Fsp3) is 0.0909. The van der Waals surface area contributed by atoms with E-state index in [1.54, 1.807) is 0 Å². The summed E-state index contributed by atoms with van der Waals surface area (Å²) < 4.78 is 0. The number of hydrogen-bond donors (Lipinski definition) is 0. The standard InChI is InChI=1S/C22H16/c1-13-9-15-5-3-8-18-20-12-14(2)10-16-6-4-7-17(22(16)20)19(11-13)21(15)18/h3-12H,1-2H3. The SMILES string of the molecule is Cc1cc2cccc3c4cc(C)cc5cccc(c(c1)c23)c54. The van der Waals surface area contributed by atoms with Gasteiger partial charge in [-0.05, 0) is 68.1 Å². The van der Waals surface area contributed by atoms with Gasteiger partial charge in [0.25, 0.3) is 0 Å². The van der Waals surface area contributed by atoms with Crippen molar-refractivity contribution >= 4 is 43.1 Å². The van der Waals surface area contributed by atoms with Crippen molar-refractivity contribution in [2.75, 3.05) is 0 Å². The first-order chi connectivity index (χ1) is 10.7. The summed E-state index contributed by atoms with van der Waals surface area (Å²) in [5.41, 5.74) is 2.65. The van der Waals surface area contributed by atoms with Crippen LogP contribution in [0.2, 0.25) is 0 Å². The topological polar surface area (TPSA) is 0 Å². The normalized spacial score (nSPS) is 12.1. The van der Waals surface area contributed by atoms with Crippen LogP contribution in [0.15, 0.2) is 60.7 Å². The van der Waals surface area contributed by atoms with Crippen molar-refractivity contribution in [3.8, 4) is 0 Å². The Labute approximate surface area is 129 Å². The zero-order valence-corrected chi connectivity index (χ0v) is 12.8. The second-order valence-electron chi connectivity index (χ2n) is 6.43. The molecule has 0 aliphatic rings. The fourth-order valence-electron chi connectivity index (χ4n) is 4.03.